The van der Waals surface area contributed by atoms with E-state index in [4.69, 9.17) is 4.74 Å². The number of rotatable bonds is 3. The second-order valence-electron chi connectivity index (χ2n) is 3.80. The molecule has 0 radical (unpaired) electrons. The summed E-state index contributed by atoms with van der Waals surface area (Å²) in [6.45, 7) is 1.08. The fourth-order valence-corrected chi connectivity index (χ4v) is 1.65. The number of carbonyl (C=O) groups excluding carboxylic acids is 3. The summed E-state index contributed by atoms with van der Waals surface area (Å²) < 4.78 is 4.96. The SMILES string of the molecule is CC(=O)CN1C(=O)OC(c2ccccc2)C1=O. The van der Waals surface area contributed by atoms with Crippen LogP contribution in [-0.4, -0.2) is 29.2 Å². The third kappa shape index (κ3) is 2.18. The summed E-state index contributed by atoms with van der Waals surface area (Å²) in [4.78, 5) is 35.1. The van der Waals surface area contributed by atoms with Crippen LogP contribution in [0.5, 0.6) is 0 Å². The van der Waals surface area contributed by atoms with Gasteiger partial charge in [0.1, 0.15) is 5.78 Å². The number of imide groups is 1. The van der Waals surface area contributed by atoms with Crippen LogP contribution in [0, 0.1) is 0 Å². The molecule has 2 rings (SSSR count). The van der Waals surface area contributed by atoms with Crippen molar-refractivity contribution in [3.8, 4) is 0 Å². The molecule has 1 aromatic rings. The molecule has 1 fully saturated rings. The number of hydrogen-bond acceptors (Lipinski definition) is 4. The zero-order chi connectivity index (χ0) is 12.4. The summed E-state index contributed by atoms with van der Waals surface area (Å²) in [5, 5.41) is 0. The first kappa shape index (κ1) is 11.3. The van der Waals surface area contributed by atoms with E-state index in [-0.39, 0.29) is 12.3 Å². The van der Waals surface area contributed by atoms with Crippen LogP contribution in [0.2, 0.25) is 0 Å². The molecule has 0 saturated carbocycles. The maximum absolute atomic E-state index is 11.9. The number of nitrogens with zero attached hydrogens (tertiary/aromatic N) is 1. The van der Waals surface area contributed by atoms with Crippen LogP contribution in [0.3, 0.4) is 0 Å². The fourth-order valence-electron chi connectivity index (χ4n) is 1.65. The summed E-state index contributed by atoms with van der Waals surface area (Å²) in [5.74, 6) is -0.750. The highest BCUT2D eigenvalue weighted by Crippen LogP contribution is 2.26. The van der Waals surface area contributed by atoms with Crippen molar-refractivity contribution < 1.29 is 19.1 Å². The largest absolute Gasteiger partial charge is 0.431 e. The molecule has 1 saturated heterocycles. The normalized spacial score (nSPS) is 19.4. The summed E-state index contributed by atoms with van der Waals surface area (Å²) >= 11 is 0. The lowest BCUT2D eigenvalue weighted by Gasteiger charge is -2.08. The summed E-state index contributed by atoms with van der Waals surface area (Å²) in [6, 6.07) is 8.71. The molecular formula is C12H11NO4. The van der Waals surface area contributed by atoms with Crippen molar-refractivity contribution in [2.24, 2.45) is 0 Å². The number of ether oxygens (including phenoxy) is 1. The van der Waals surface area contributed by atoms with E-state index in [1.165, 1.54) is 6.92 Å². The van der Waals surface area contributed by atoms with E-state index < -0.39 is 18.1 Å². The lowest BCUT2D eigenvalue weighted by molar-refractivity contribution is -0.132. The van der Waals surface area contributed by atoms with Gasteiger partial charge in [0.2, 0.25) is 6.10 Å². The molecule has 17 heavy (non-hydrogen) atoms. The van der Waals surface area contributed by atoms with Gasteiger partial charge >= 0.3 is 6.09 Å². The van der Waals surface area contributed by atoms with E-state index in [1.54, 1.807) is 30.3 Å². The van der Waals surface area contributed by atoms with Gasteiger partial charge < -0.3 is 4.74 Å². The molecule has 1 unspecified atom stereocenters. The lowest BCUT2D eigenvalue weighted by atomic mass is 10.1. The second-order valence-corrected chi connectivity index (χ2v) is 3.80. The van der Waals surface area contributed by atoms with Crippen LogP contribution in [0.15, 0.2) is 30.3 Å². The number of Topliss-reactive ketones (excluding diaryl/α,β-unsaturated/α-hetero) is 1. The van der Waals surface area contributed by atoms with Gasteiger partial charge in [0.05, 0.1) is 6.54 Å². The van der Waals surface area contributed by atoms with Gasteiger partial charge in [0.25, 0.3) is 5.91 Å². The number of ketones is 1. The standard InChI is InChI=1S/C12H11NO4/c1-8(14)7-13-11(15)10(17-12(13)16)9-5-3-2-4-6-9/h2-6,10H,7H2,1H3. The fraction of sp³-hybridized carbons (Fsp3) is 0.250. The Labute approximate surface area is 98.0 Å². The van der Waals surface area contributed by atoms with Gasteiger partial charge in [0, 0.05) is 5.56 Å². The Bertz CT molecular complexity index is 469. The van der Waals surface area contributed by atoms with Crippen molar-refractivity contribution in [1.82, 2.24) is 4.90 Å². The molecule has 1 atom stereocenters. The monoisotopic (exact) mass is 233 g/mol. The minimum Gasteiger partial charge on any atom is -0.431 e. The Kier molecular flexibility index (Phi) is 2.91. The Balaban J connectivity index is 2.22. The highest BCUT2D eigenvalue weighted by atomic mass is 16.6. The highest BCUT2D eigenvalue weighted by molar-refractivity contribution is 6.03. The van der Waals surface area contributed by atoms with Crippen molar-refractivity contribution in [2.75, 3.05) is 6.54 Å². The van der Waals surface area contributed by atoms with Crippen LogP contribution in [0.4, 0.5) is 4.79 Å². The predicted molar refractivity (Wildman–Crippen MR) is 58.1 cm³/mol. The molecular weight excluding hydrogens is 222 g/mol. The van der Waals surface area contributed by atoms with Crippen LogP contribution in [0.25, 0.3) is 0 Å². The molecule has 0 N–H and O–H groups in total. The maximum atomic E-state index is 11.9. The third-order valence-corrected chi connectivity index (χ3v) is 2.41. The number of amides is 2. The number of benzene rings is 1. The van der Waals surface area contributed by atoms with E-state index in [9.17, 15) is 14.4 Å². The summed E-state index contributed by atoms with van der Waals surface area (Å²) in [5.41, 5.74) is 0.608. The first-order valence-corrected chi connectivity index (χ1v) is 5.16. The Morgan fingerprint density at radius 2 is 1.94 bits per heavy atom. The smallest absolute Gasteiger partial charge is 0.418 e. The third-order valence-electron chi connectivity index (χ3n) is 2.41. The Hall–Kier alpha value is -2.17. The number of hydrogen-bond donors (Lipinski definition) is 0. The molecule has 0 bridgehead atoms. The maximum Gasteiger partial charge on any atom is 0.418 e. The molecule has 0 aliphatic carbocycles. The van der Waals surface area contributed by atoms with Crippen LogP contribution in [0.1, 0.15) is 18.6 Å². The van der Waals surface area contributed by atoms with Crippen molar-refractivity contribution >= 4 is 17.8 Å². The number of carbonyl (C=O) groups is 3. The molecule has 2 amide bonds. The second kappa shape index (κ2) is 4.37. The first-order valence-electron chi connectivity index (χ1n) is 5.16. The minimum atomic E-state index is -0.928. The van der Waals surface area contributed by atoms with Crippen LogP contribution in [-0.2, 0) is 14.3 Å². The van der Waals surface area contributed by atoms with Gasteiger partial charge in [-0.1, -0.05) is 30.3 Å². The van der Waals surface area contributed by atoms with E-state index in [1.807, 2.05) is 0 Å². The lowest BCUT2D eigenvalue weighted by Crippen LogP contribution is -2.33. The molecule has 1 aliphatic rings. The van der Waals surface area contributed by atoms with Crippen molar-refractivity contribution in [2.45, 2.75) is 13.0 Å². The Morgan fingerprint density at radius 1 is 1.29 bits per heavy atom. The zero-order valence-corrected chi connectivity index (χ0v) is 9.25. The molecule has 88 valence electrons. The van der Waals surface area contributed by atoms with Gasteiger partial charge in [-0.3, -0.25) is 9.59 Å². The molecule has 0 spiro atoms. The van der Waals surface area contributed by atoms with Crippen molar-refractivity contribution in [3.05, 3.63) is 35.9 Å². The zero-order valence-electron chi connectivity index (χ0n) is 9.25. The van der Waals surface area contributed by atoms with Crippen LogP contribution >= 0.6 is 0 Å². The van der Waals surface area contributed by atoms with Crippen LogP contribution < -0.4 is 0 Å². The summed E-state index contributed by atoms with van der Waals surface area (Å²) in [6.07, 6.45) is -1.69. The number of cyclic esters (lactones) is 1. The molecule has 1 aromatic carbocycles. The average Bonchev–Trinajstić information content (AvgIpc) is 2.58. The molecule has 1 heterocycles. The molecule has 5 nitrogen and oxygen atoms in total. The average molecular weight is 233 g/mol. The topological polar surface area (TPSA) is 63.7 Å². The Morgan fingerprint density at radius 3 is 2.53 bits per heavy atom. The predicted octanol–water partition coefficient (Wildman–Crippen LogP) is 1.30. The first-order chi connectivity index (χ1) is 8.09. The van der Waals surface area contributed by atoms with E-state index in [2.05, 4.69) is 0 Å². The molecule has 1 aliphatic heterocycles. The molecule has 0 aromatic heterocycles. The van der Waals surface area contributed by atoms with Gasteiger partial charge in [-0.05, 0) is 6.92 Å². The van der Waals surface area contributed by atoms with E-state index >= 15 is 0 Å². The van der Waals surface area contributed by atoms with E-state index in [0.717, 1.165) is 4.90 Å². The van der Waals surface area contributed by atoms with Gasteiger partial charge in [-0.25, -0.2) is 9.69 Å². The molecule has 5 heteroatoms. The quantitative estimate of drug-likeness (QED) is 0.789. The van der Waals surface area contributed by atoms with Crippen molar-refractivity contribution in [1.29, 1.82) is 0 Å². The van der Waals surface area contributed by atoms with Gasteiger partial charge in [0.15, 0.2) is 0 Å². The van der Waals surface area contributed by atoms with Gasteiger partial charge in [-0.2, -0.15) is 0 Å². The van der Waals surface area contributed by atoms with E-state index in [0.29, 0.717) is 5.56 Å². The summed E-state index contributed by atoms with van der Waals surface area (Å²) in [7, 11) is 0. The highest BCUT2D eigenvalue weighted by Gasteiger charge is 2.41. The minimum absolute atomic E-state index is 0.235. The van der Waals surface area contributed by atoms with Gasteiger partial charge in [-0.15, -0.1) is 0 Å². The van der Waals surface area contributed by atoms with Crippen molar-refractivity contribution in [3.63, 3.8) is 0 Å².